The second-order valence-corrected chi connectivity index (χ2v) is 16.6. The summed E-state index contributed by atoms with van der Waals surface area (Å²) < 4.78 is 0. The molecule has 0 aromatic heterocycles. The lowest BCUT2D eigenvalue weighted by Gasteiger charge is -2.33. The van der Waals surface area contributed by atoms with Gasteiger partial charge in [-0.1, -0.05) is 98.1 Å². The van der Waals surface area contributed by atoms with Crippen LogP contribution >= 0.6 is 0 Å². The Kier molecular flexibility index (Phi) is 26.8. The Bertz CT molecular complexity index is 1810. The van der Waals surface area contributed by atoms with E-state index in [4.69, 9.17) is 11.5 Å². The van der Waals surface area contributed by atoms with Gasteiger partial charge in [-0.2, -0.15) is 0 Å². The highest BCUT2D eigenvalue weighted by molar-refractivity contribution is 6.01. The number of carbonyl (C=O) groups excluding carboxylic acids is 9. The fourth-order valence-corrected chi connectivity index (χ4v) is 6.92. The van der Waals surface area contributed by atoms with E-state index < -0.39 is 115 Å². The highest BCUT2D eigenvalue weighted by atomic mass is 16.4. The normalized spacial score (nSPS) is 14.9. The Hall–Kier alpha value is -6.38. The minimum Gasteiger partial charge on any atom is -0.480 e. The standard InChI is InChI=1S/C39H57N9O11.C6H15N/c1-21(2)32(35(41)54)46-37(56)33(22(3)4)47-38(57)34(24-13-9-6-10-14-24)48-36(55)25(18-27(40)49)44-29(51)16-15-28(50)42-19-30(52)43-20-31(53)45-26(39(58)59)17-23-11-7-5-8-12-23;1-4-7(5-2)6-3/h5,7-8,11-12,15-16,21-22,24-26,32-34H,6,9-10,13-14,17-20H2,1-4H3,(H2,40,49)(H2,41,54)(H,42,50)(H,43,52)(H,44,51)(H,45,53)(H,46,56)(H,47,57)(H,48,55)(H,58,59);4-6H2,1-3H3/b16-15+;/t25-,26-,32-,33-,34-;/m0./s1. The molecule has 1 aromatic rings. The lowest BCUT2D eigenvalue weighted by molar-refractivity contribution is -0.141. The van der Waals surface area contributed by atoms with E-state index in [0.29, 0.717) is 18.4 Å². The van der Waals surface area contributed by atoms with E-state index in [1.165, 1.54) is 19.6 Å². The molecule has 12 N–H and O–H groups in total. The Balaban J connectivity index is 0.00000286. The number of carboxylic acid groups (broad SMARTS) is 1. The Morgan fingerprint density at radius 1 is 0.652 bits per heavy atom. The number of rotatable bonds is 26. The minimum atomic E-state index is -1.58. The zero-order valence-electron chi connectivity index (χ0n) is 39.3. The monoisotopic (exact) mass is 929 g/mol. The van der Waals surface area contributed by atoms with E-state index in [0.717, 1.165) is 31.4 Å². The van der Waals surface area contributed by atoms with Gasteiger partial charge < -0.3 is 58.7 Å². The number of hydrogen-bond acceptors (Lipinski definition) is 11. The molecule has 1 aliphatic carbocycles. The number of nitrogens with zero attached hydrogens (tertiary/aromatic N) is 1. The molecule has 5 atom stereocenters. The van der Waals surface area contributed by atoms with Crippen LogP contribution in [0.1, 0.15) is 92.6 Å². The summed E-state index contributed by atoms with van der Waals surface area (Å²) in [5.41, 5.74) is 11.5. The molecular formula is C45H72N10O11. The summed E-state index contributed by atoms with van der Waals surface area (Å²) in [4.78, 5) is 128. The predicted molar refractivity (Wildman–Crippen MR) is 245 cm³/mol. The Morgan fingerprint density at radius 3 is 1.70 bits per heavy atom. The summed E-state index contributed by atoms with van der Waals surface area (Å²) in [6, 6.07) is 2.47. The molecule has 0 heterocycles. The van der Waals surface area contributed by atoms with Crippen LogP contribution in [-0.4, -0.2) is 132 Å². The first-order valence-electron chi connectivity index (χ1n) is 22.4. The third-order valence-corrected chi connectivity index (χ3v) is 10.8. The van der Waals surface area contributed by atoms with Crippen LogP contribution < -0.4 is 48.7 Å². The van der Waals surface area contributed by atoms with Gasteiger partial charge in [0.05, 0.1) is 19.5 Å². The van der Waals surface area contributed by atoms with Crippen LogP contribution in [0.4, 0.5) is 0 Å². The summed E-state index contributed by atoms with van der Waals surface area (Å²) in [6.07, 6.45) is 4.37. The summed E-state index contributed by atoms with van der Waals surface area (Å²) in [6.45, 7) is 15.7. The number of aliphatic carboxylic acids is 1. The molecule has 0 saturated heterocycles. The van der Waals surface area contributed by atoms with E-state index in [9.17, 15) is 53.1 Å². The second kappa shape index (κ2) is 30.7. The molecule has 0 radical (unpaired) electrons. The number of nitrogens with one attached hydrogen (secondary N) is 7. The Labute approximate surface area is 387 Å². The van der Waals surface area contributed by atoms with Crippen molar-refractivity contribution < 1.29 is 53.1 Å². The highest BCUT2D eigenvalue weighted by Crippen LogP contribution is 2.27. The van der Waals surface area contributed by atoms with Crippen LogP contribution in [0.25, 0.3) is 0 Å². The van der Waals surface area contributed by atoms with Crippen molar-refractivity contribution in [2.24, 2.45) is 29.2 Å². The number of carboxylic acids is 1. The predicted octanol–water partition coefficient (Wildman–Crippen LogP) is -0.873. The van der Waals surface area contributed by atoms with Crippen molar-refractivity contribution in [1.82, 2.24) is 42.1 Å². The smallest absolute Gasteiger partial charge is 0.326 e. The van der Waals surface area contributed by atoms with Gasteiger partial charge in [-0.25, -0.2) is 4.79 Å². The van der Waals surface area contributed by atoms with Gasteiger partial charge >= 0.3 is 5.97 Å². The summed E-state index contributed by atoms with van der Waals surface area (Å²) in [5, 5.41) is 26.4. The van der Waals surface area contributed by atoms with Crippen LogP contribution in [0, 0.1) is 17.8 Å². The maximum atomic E-state index is 13.8. The summed E-state index contributed by atoms with van der Waals surface area (Å²) in [7, 11) is 0. The van der Waals surface area contributed by atoms with Gasteiger partial charge in [-0.3, -0.25) is 43.2 Å². The van der Waals surface area contributed by atoms with Crippen LogP contribution in [0.2, 0.25) is 0 Å². The van der Waals surface area contributed by atoms with E-state index in [-0.39, 0.29) is 18.3 Å². The number of nitrogens with two attached hydrogens (primary N) is 2. The van der Waals surface area contributed by atoms with Crippen molar-refractivity contribution in [3.63, 3.8) is 0 Å². The number of amides is 9. The van der Waals surface area contributed by atoms with Crippen LogP contribution in [-0.2, 0) is 54.4 Å². The van der Waals surface area contributed by atoms with Gasteiger partial charge in [0.2, 0.25) is 53.2 Å². The zero-order valence-corrected chi connectivity index (χ0v) is 39.3. The van der Waals surface area contributed by atoms with Crippen LogP contribution in [0.5, 0.6) is 0 Å². The maximum absolute atomic E-state index is 13.8. The van der Waals surface area contributed by atoms with Gasteiger partial charge in [0, 0.05) is 18.6 Å². The summed E-state index contributed by atoms with van der Waals surface area (Å²) in [5.74, 6) is -9.92. The zero-order chi connectivity index (χ0) is 49.9. The van der Waals surface area contributed by atoms with Gasteiger partial charge in [0.25, 0.3) is 0 Å². The molecule has 1 aromatic carbocycles. The molecular weight excluding hydrogens is 857 g/mol. The van der Waals surface area contributed by atoms with Crippen molar-refractivity contribution in [2.75, 3.05) is 32.7 Å². The molecule has 1 fully saturated rings. The average Bonchev–Trinajstić information content (AvgIpc) is 3.27. The van der Waals surface area contributed by atoms with Crippen molar-refractivity contribution in [3.05, 3.63) is 48.0 Å². The first-order valence-corrected chi connectivity index (χ1v) is 22.4. The van der Waals surface area contributed by atoms with Crippen molar-refractivity contribution >= 4 is 59.1 Å². The van der Waals surface area contributed by atoms with E-state index in [1.807, 2.05) is 0 Å². The third kappa shape index (κ3) is 22.5. The minimum absolute atomic E-state index is 0.0128. The number of hydrogen-bond donors (Lipinski definition) is 10. The summed E-state index contributed by atoms with van der Waals surface area (Å²) >= 11 is 0. The molecule has 0 bridgehead atoms. The highest BCUT2D eigenvalue weighted by Gasteiger charge is 2.37. The maximum Gasteiger partial charge on any atom is 0.326 e. The molecule has 368 valence electrons. The van der Waals surface area contributed by atoms with E-state index in [2.05, 4.69) is 62.9 Å². The van der Waals surface area contributed by atoms with Crippen molar-refractivity contribution in [2.45, 2.75) is 124 Å². The first kappa shape index (κ1) is 57.6. The molecule has 1 aliphatic rings. The van der Waals surface area contributed by atoms with Crippen LogP contribution in [0.15, 0.2) is 42.5 Å². The quantitative estimate of drug-likeness (QED) is 0.0507. The first-order chi connectivity index (χ1) is 31.1. The SMILES string of the molecule is CC(C)[C@H](NC(=O)[C@@H](NC(=O)[C@@H](NC(=O)[C@H](CC(N)=O)NC(=O)/C=C/C(=O)NCC(=O)NCC(=O)N[C@@H](Cc1ccccc1)C(=O)O)C1CCCCC1)C(C)C)C(N)=O.CCN(CC)CC. The molecule has 1 saturated carbocycles. The number of primary amides is 2. The third-order valence-electron chi connectivity index (χ3n) is 10.8. The molecule has 0 unspecified atom stereocenters. The lowest BCUT2D eigenvalue weighted by Crippen LogP contribution is -2.61. The molecule has 9 amide bonds. The molecule has 21 nitrogen and oxygen atoms in total. The molecule has 66 heavy (non-hydrogen) atoms. The van der Waals surface area contributed by atoms with Crippen molar-refractivity contribution in [3.8, 4) is 0 Å². The topological polar surface area (TPSA) is 330 Å². The largest absolute Gasteiger partial charge is 0.480 e. The number of carbonyl (C=O) groups is 10. The van der Waals surface area contributed by atoms with Gasteiger partial charge in [-0.05, 0) is 55.8 Å². The molecule has 21 heteroatoms. The van der Waals surface area contributed by atoms with E-state index >= 15 is 0 Å². The van der Waals surface area contributed by atoms with Gasteiger partial charge in [-0.15, -0.1) is 0 Å². The molecule has 0 spiro atoms. The lowest BCUT2D eigenvalue weighted by atomic mass is 9.83. The van der Waals surface area contributed by atoms with E-state index in [1.54, 1.807) is 58.0 Å². The van der Waals surface area contributed by atoms with Crippen molar-refractivity contribution in [1.29, 1.82) is 0 Å². The molecule has 0 aliphatic heterocycles. The fraction of sp³-hybridized carbons (Fsp3) is 0.600. The second-order valence-electron chi connectivity index (χ2n) is 16.6. The fourth-order valence-electron chi connectivity index (χ4n) is 6.92. The van der Waals surface area contributed by atoms with Crippen LogP contribution in [0.3, 0.4) is 0 Å². The van der Waals surface area contributed by atoms with Gasteiger partial charge in [0.15, 0.2) is 0 Å². The average molecular weight is 929 g/mol. The Morgan fingerprint density at radius 2 is 1.20 bits per heavy atom. The number of benzene rings is 1. The van der Waals surface area contributed by atoms with Gasteiger partial charge in [0.1, 0.15) is 30.2 Å². The molecule has 2 rings (SSSR count).